The summed E-state index contributed by atoms with van der Waals surface area (Å²) >= 11 is 2.75. The number of benzene rings is 2. The highest BCUT2D eigenvalue weighted by molar-refractivity contribution is 8.00. The van der Waals surface area contributed by atoms with Crippen molar-refractivity contribution in [2.75, 3.05) is 11.5 Å². The van der Waals surface area contributed by atoms with Gasteiger partial charge in [-0.25, -0.2) is 0 Å². The second-order valence-corrected chi connectivity index (χ2v) is 11.8. The van der Waals surface area contributed by atoms with E-state index in [4.69, 9.17) is 4.74 Å². The second-order valence-electron chi connectivity index (χ2n) is 9.65. The Kier molecular flexibility index (Phi) is 9.11. The average Bonchev–Trinajstić information content (AvgIpc) is 3.57. The number of unbranched alkanes of at least 4 members (excludes halogenated alkanes) is 2. The topological polar surface area (TPSA) is 106 Å². The fourth-order valence-corrected chi connectivity index (χ4v) is 6.31. The van der Waals surface area contributed by atoms with Crippen LogP contribution in [0.4, 0.5) is 5.13 Å². The molecule has 10 heteroatoms. The van der Waals surface area contributed by atoms with Crippen LogP contribution in [0.3, 0.4) is 0 Å². The van der Waals surface area contributed by atoms with Gasteiger partial charge in [-0.2, -0.15) is 0 Å². The van der Waals surface area contributed by atoms with Crippen LogP contribution in [0.1, 0.15) is 54.5 Å². The number of anilines is 1. The quantitative estimate of drug-likeness (QED) is 0.0515. The van der Waals surface area contributed by atoms with Crippen LogP contribution in [0.2, 0.25) is 0 Å². The van der Waals surface area contributed by atoms with Gasteiger partial charge in [0.15, 0.2) is 4.34 Å². The lowest BCUT2D eigenvalue weighted by Crippen LogP contribution is -2.29. The van der Waals surface area contributed by atoms with E-state index in [9.17, 15) is 14.7 Å². The number of thioether (sulfide) groups is 1. The third kappa shape index (κ3) is 6.49. The number of aliphatic hydroxyl groups excluding tert-OH is 1. The van der Waals surface area contributed by atoms with E-state index in [1.807, 2.05) is 31.2 Å². The van der Waals surface area contributed by atoms with Gasteiger partial charge in [-0.15, -0.1) is 10.2 Å². The van der Waals surface area contributed by atoms with Gasteiger partial charge >= 0.3 is 5.91 Å². The molecule has 1 aliphatic rings. The number of aromatic nitrogens is 3. The molecule has 41 heavy (non-hydrogen) atoms. The maximum Gasteiger partial charge on any atom is 0.301 e. The van der Waals surface area contributed by atoms with Gasteiger partial charge in [-0.05, 0) is 48.7 Å². The van der Waals surface area contributed by atoms with Crippen molar-refractivity contribution < 1.29 is 19.4 Å². The minimum absolute atomic E-state index is 0.0122. The number of carbonyl (C=O) groups excluding carboxylic acids is 2. The van der Waals surface area contributed by atoms with Gasteiger partial charge in [-0.3, -0.25) is 19.5 Å². The summed E-state index contributed by atoms with van der Waals surface area (Å²) in [5.41, 5.74) is 3.36. The molecule has 0 bridgehead atoms. The van der Waals surface area contributed by atoms with E-state index in [1.165, 1.54) is 46.0 Å². The first-order valence-electron chi connectivity index (χ1n) is 13.4. The number of aryl methyl sites for hydroxylation is 1. The van der Waals surface area contributed by atoms with Crippen LogP contribution >= 0.6 is 23.1 Å². The lowest BCUT2D eigenvalue weighted by molar-refractivity contribution is -0.132. The lowest BCUT2D eigenvalue weighted by Gasteiger charge is -2.22. The zero-order valence-corrected chi connectivity index (χ0v) is 24.5. The molecule has 2 aromatic carbocycles. The summed E-state index contributed by atoms with van der Waals surface area (Å²) in [5, 5.41) is 20.1. The normalized spacial score (nSPS) is 16.3. The number of aliphatic hydroxyl groups is 1. The molecule has 5 rings (SSSR count). The van der Waals surface area contributed by atoms with E-state index in [0.717, 1.165) is 24.8 Å². The van der Waals surface area contributed by atoms with E-state index in [-0.39, 0.29) is 16.5 Å². The molecular weight excluding hydrogens is 556 g/mol. The zero-order chi connectivity index (χ0) is 28.8. The van der Waals surface area contributed by atoms with Crippen LogP contribution in [0.25, 0.3) is 5.76 Å². The molecule has 0 saturated carbocycles. The van der Waals surface area contributed by atoms with Crippen molar-refractivity contribution >= 4 is 45.7 Å². The van der Waals surface area contributed by atoms with Crippen molar-refractivity contribution in [2.45, 2.75) is 49.2 Å². The number of rotatable bonds is 11. The van der Waals surface area contributed by atoms with Crippen molar-refractivity contribution in [2.24, 2.45) is 0 Å². The number of hydrogen-bond acceptors (Lipinski definition) is 9. The molecule has 210 valence electrons. The maximum absolute atomic E-state index is 13.5. The first-order chi connectivity index (χ1) is 20.0. The Hall–Kier alpha value is -4.02. The highest BCUT2D eigenvalue weighted by Crippen LogP contribution is 2.44. The average molecular weight is 587 g/mol. The minimum atomic E-state index is -0.889. The molecule has 1 N–H and O–H groups in total. The van der Waals surface area contributed by atoms with Gasteiger partial charge in [0, 0.05) is 23.7 Å². The molecule has 1 fully saturated rings. The van der Waals surface area contributed by atoms with Gasteiger partial charge in [-0.1, -0.05) is 84.8 Å². The zero-order valence-electron chi connectivity index (χ0n) is 22.8. The summed E-state index contributed by atoms with van der Waals surface area (Å²) in [7, 11) is 0. The van der Waals surface area contributed by atoms with E-state index < -0.39 is 17.7 Å². The van der Waals surface area contributed by atoms with Gasteiger partial charge in [0.2, 0.25) is 5.13 Å². The predicted molar refractivity (Wildman–Crippen MR) is 161 cm³/mol. The van der Waals surface area contributed by atoms with Gasteiger partial charge in [0.1, 0.15) is 11.5 Å². The van der Waals surface area contributed by atoms with Crippen LogP contribution in [0.5, 0.6) is 5.75 Å². The molecule has 1 amide bonds. The fourth-order valence-electron chi connectivity index (χ4n) is 4.49. The first kappa shape index (κ1) is 28.5. The van der Waals surface area contributed by atoms with Crippen molar-refractivity contribution in [3.63, 3.8) is 0 Å². The standard InChI is InChI=1S/C31H30N4O4S2/c1-3-4-5-18-39-24-12-10-22(11-13-24)26-25(27(36)23-14-16-32-17-15-23)28(37)29(38)35(26)30-33-34-31(41-30)40-19-21-8-6-20(2)7-9-21/h6-17,26,36H,3-5,18-19H2,1-2H3. The maximum atomic E-state index is 13.5. The summed E-state index contributed by atoms with van der Waals surface area (Å²) in [5.74, 6) is -0.429. The molecular formula is C31H30N4O4S2. The molecule has 3 heterocycles. The summed E-state index contributed by atoms with van der Waals surface area (Å²) < 4.78 is 6.53. The number of nitrogens with zero attached hydrogens (tertiary/aromatic N) is 4. The fraction of sp³-hybridized carbons (Fsp3) is 0.258. The Morgan fingerprint density at radius 2 is 1.73 bits per heavy atom. The first-order valence-corrected chi connectivity index (χ1v) is 15.2. The van der Waals surface area contributed by atoms with Crippen LogP contribution in [-0.2, 0) is 15.3 Å². The van der Waals surface area contributed by atoms with Crippen molar-refractivity contribution in [1.82, 2.24) is 15.2 Å². The SMILES string of the molecule is CCCCCOc1ccc(C2C(=C(O)c3ccncc3)C(=O)C(=O)N2c2nnc(SCc3ccc(C)cc3)s2)cc1. The number of ether oxygens (including phenoxy) is 1. The number of ketones is 1. The number of carbonyl (C=O) groups is 2. The highest BCUT2D eigenvalue weighted by atomic mass is 32.2. The Labute approximate surface area is 247 Å². The third-order valence-corrected chi connectivity index (χ3v) is 8.82. The summed E-state index contributed by atoms with van der Waals surface area (Å²) in [4.78, 5) is 32.2. The van der Waals surface area contributed by atoms with Crippen molar-refractivity contribution in [1.29, 1.82) is 0 Å². The summed E-state index contributed by atoms with van der Waals surface area (Å²) in [6.45, 7) is 4.80. The number of amides is 1. The monoisotopic (exact) mass is 586 g/mol. The largest absolute Gasteiger partial charge is 0.507 e. The smallest absolute Gasteiger partial charge is 0.301 e. The molecule has 0 spiro atoms. The minimum Gasteiger partial charge on any atom is -0.507 e. The van der Waals surface area contributed by atoms with Gasteiger partial charge < -0.3 is 9.84 Å². The van der Waals surface area contributed by atoms with E-state index >= 15 is 0 Å². The number of pyridine rings is 1. The molecule has 1 unspecified atom stereocenters. The molecule has 1 aliphatic heterocycles. The van der Waals surface area contributed by atoms with Crippen LogP contribution in [-0.4, -0.2) is 38.6 Å². The molecule has 2 aromatic heterocycles. The van der Waals surface area contributed by atoms with Gasteiger partial charge in [0.05, 0.1) is 18.2 Å². The predicted octanol–water partition coefficient (Wildman–Crippen LogP) is 6.73. The molecule has 1 saturated heterocycles. The van der Waals surface area contributed by atoms with Crippen LogP contribution < -0.4 is 9.64 Å². The molecule has 4 aromatic rings. The number of Topliss-reactive ketones (excluding diaryl/α,β-unsaturated/α-hetero) is 1. The molecule has 1 atom stereocenters. The van der Waals surface area contributed by atoms with E-state index in [0.29, 0.717) is 33.6 Å². The van der Waals surface area contributed by atoms with E-state index in [2.05, 4.69) is 46.4 Å². The lowest BCUT2D eigenvalue weighted by atomic mass is 9.95. The Morgan fingerprint density at radius 1 is 1.00 bits per heavy atom. The molecule has 8 nitrogen and oxygen atoms in total. The van der Waals surface area contributed by atoms with E-state index in [1.54, 1.807) is 12.1 Å². The van der Waals surface area contributed by atoms with Crippen LogP contribution in [0.15, 0.2) is 83.0 Å². The summed E-state index contributed by atoms with van der Waals surface area (Å²) in [6.07, 6.45) is 6.20. The molecule has 0 aliphatic carbocycles. The van der Waals surface area contributed by atoms with Crippen molar-refractivity contribution in [3.05, 3.63) is 101 Å². The van der Waals surface area contributed by atoms with Crippen molar-refractivity contribution in [3.8, 4) is 5.75 Å². The Morgan fingerprint density at radius 3 is 2.44 bits per heavy atom. The Balaban J connectivity index is 1.47. The summed E-state index contributed by atoms with van der Waals surface area (Å²) in [6, 6.07) is 17.8. The Bertz CT molecular complexity index is 1540. The number of hydrogen-bond donors (Lipinski definition) is 1. The van der Waals surface area contributed by atoms with Crippen LogP contribution in [0, 0.1) is 6.92 Å². The van der Waals surface area contributed by atoms with Gasteiger partial charge in [0.25, 0.3) is 5.78 Å². The molecule has 0 radical (unpaired) electrons. The third-order valence-electron chi connectivity index (χ3n) is 6.70. The second kappa shape index (κ2) is 13.1. The highest BCUT2D eigenvalue weighted by Gasteiger charge is 2.48.